The molecule has 0 bridgehead atoms. The van der Waals surface area contributed by atoms with Crippen molar-refractivity contribution >= 4 is 29.0 Å². The number of hydrogen-bond donors (Lipinski definition) is 2. The monoisotopic (exact) mass is 297 g/mol. The van der Waals surface area contributed by atoms with Crippen molar-refractivity contribution in [2.75, 3.05) is 29.9 Å². The Morgan fingerprint density at radius 3 is 3.05 bits per heavy atom. The number of benzene rings is 1. The lowest BCUT2D eigenvalue weighted by molar-refractivity contribution is -0.117. The largest absolute Gasteiger partial charge is 0.397 e. The second-order valence-corrected chi connectivity index (χ2v) is 6.55. The molecule has 0 radical (unpaired) electrons. The predicted octanol–water partition coefficient (Wildman–Crippen LogP) is 2.17. The molecule has 6 heteroatoms. The maximum Gasteiger partial charge on any atom is 0.238 e. The number of thioether (sulfide) groups is 1. The molecule has 4 nitrogen and oxygen atoms in total. The van der Waals surface area contributed by atoms with Gasteiger partial charge in [0.1, 0.15) is 5.82 Å². The smallest absolute Gasteiger partial charge is 0.238 e. The summed E-state index contributed by atoms with van der Waals surface area (Å²) < 4.78 is 13.1. The van der Waals surface area contributed by atoms with Crippen LogP contribution in [0, 0.1) is 5.82 Å². The van der Waals surface area contributed by atoms with Gasteiger partial charge in [-0.1, -0.05) is 6.92 Å². The number of hydrogen-bond acceptors (Lipinski definition) is 4. The Balaban J connectivity index is 1.97. The third-order valence-corrected chi connectivity index (χ3v) is 4.99. The summed E-state index contributed by atoms with van der Waals surface area (Å²) in [6.07, 6.45) is 0. The fourth-order valence-corrected chi connectivity index (χ4v) is 3.39. The zero-order chi connectivity index (χ0) is 14.7. The maximum absolute atomic E-state index is 13.1. The summed E-state index contributed by atoms with van der Waals surface area (Å²) in [7, 11) is 0. The van der Waals surface area contributed by atoms with Crippen molar-refractivity contribution in [3.63, 3.8) is 0 Å². The molecule has 0 spiro atoms. The number of carbonyl (C=O) groups is 1. The molecule has 0 saturated carbocycles. The summed E-state index contributed by atoms with van der Waals surface area (Å²) >= 11 is 1.92. The van der Waals surface area contributed by atoms with Gasteiger partial charge in [-0.3, -0.25) is 9.69 Å². The number of amides is 1. The van der Waals surface area contributed by atoms with Crippen LogP contribution in [-0.2, 0) is 4.79 Å². The molecule has 2 atom stereocenters. The van der Waals surface area contributed by atoms with Gasteiger partial charge >= 0.3 is 0 Å². The fraction of sp³-hybridized carbons (Fsp3) is 0.500. The highest BCUT2D eigenvalue weighted by molar-refractivity contribution is 8.00. The molecule has 1 fully saturated rings. The molecule has 2 rings (SSSR count). The molecule has 1 heterocycles. The van der Waals surface area contributed by atoms with Crippen molar-refractivity contribution < 1.29 is 9.18 Å². The third-order valence-electron chi connectivity index (χ3n) is 3.65. The molecule has 1 aliphatic heterocycles. The lowest BCUT2D eigenvalue weighted by Crippen LogP contribution is -2.47. The van der Waals surface area contributed by atoms with Crippen molar-refractivity contribution in [1.29, 1.82) is 0 Å². The quantitative estimate of drug-likeness (QED) is 0.840. The van der Waals surface area contributed by atoms with E-state index in [9.17, 15) is 9.18 Å². The van der Waals surface area contributed by atoms with Crippen LogP contribution in [0.15, 0.2) is 18.2 Å². The van der Waals surface area contributed by atoms with Gasteiger partial charge in [-0.2, -0.15) is 11.8 Å². The van der Waals surface area contributed by atoms with E-state index in [0.29, 0.717) is 29.2 Å². The summed E-state index contributed by atoms with van der Waals surface area (Å²) in [5, 5.41) is 3.19. The van der Waals surface area contributed by atoms with Gasteiger partial charge < -0.3 is 11.1 Å². The summed E-state index contributed by atoms with van der Waals surface area (Å²) in [5.74, 6) is 0.458. The lowest BCUT2D eigenvalue weighted by atomic mass is 10.2. The van der Waals surface area contributed by atoms with Gasteiger partial charge in [0, 0.05) is 23.6 Å². The first-order valence-electron chi connectivity index (χ1n) is 6.68. The highest BCUT2D eigenvalue weighted by Gasteiger charge is 2.26. The second-order valence-electron chi connectivity index (χ2n) is 5.07. The molecular formula is C14H20FN3OS. The third kappa shape index (κ3) is 3.64. The number of halogens is 1. The second kappa shape index (κ2) is 6.45. The molecule has 110 valence electrons. The summed E-state index contributed by atoms with van der Waals surface area (Å²) in [5.41, 5.74) is 6.43. The summed E-state index contributed by atoms with van der Waals surface area (Å²) in [6, 6.07) is 4.32. The van der Waals surface area contributed by atoms with Gasteiger partial charge in [-0.25, -0.2) is 4.39 Å². The summed E-state index contributed by atoms with van der Waals surface area (Å²) in [6.45, 7) is 5.49. The molecule has 0 aromatic heterocycles. The number of nitrogens with one attached hydrogen (secondary N) is 1. The average molecular weight is 297 g/mol. The van der Waals surface area contributed by atoms with E-state index in [1.54, 1.807) is 0 Å². The highest BCUT2D eigenvalue weighted by atomic mass is 32.2. The zero-order valence-corrected chi connectivity index (χ0v) is 12.5. The molecule has 0 aliphatic carbocycles. The Labute approximate surface area is 122 Å². The molecular weight excluding hydrogens is 277 g/mol. The van der Waals surface area contributed by atoms with E-state index >= 15 is 0 Å². The van der Waals surface area contributed by atoms with Crippen LogP contribution >= 0.6 is 11.8 Å². The van der Waals surface area contributed by atoms with Crippen LogP contribution in [0.25, 0.3) is 0 Å². The Morgan fingerprint density at radius 2 is 2.30 bits per heavy atom. The minimum atomic E-state index is -0.411. The number of nitrogen functional groups attached to an aromatic ring is 1. The Hall–Kier alpha value is -1.27. The number of nitrogens with two attached hydrogens (primary N) is 1. The van der Waals surface area contributed by atoms with E-state index in [4.69, 9.17) is 5.73 Å². The highest BCUT2D eigenvalue weighted by Crippen LogP contribution is 2.24. The van der Waals surface area contributed by atoms with Crippen LogP contribution in [0.4, 0.5) is 15.8 Å². The van der Waals surface area contributed by atoms with E-state index in [-0.39, 0.29) is 5.91 Å². The van der Waals surface area contributed by atoms with Crippen LogP contribution < -0.4 is 11.1 Å². The van der Waals surface area contributed by atoms with Crippen LogP contribution in [0.1, 0.15) is 13.8 Å². The molecule has 1 aromatic rings. The van der Waals surface area contributed by atoms with Crippen LogP contribution in [0.2, 0.25) is 0 Å². The van der Waals surface area contributed by atoms with Gasteiger partial charge in [-0.05, 0) is 25.1 Å². The molecule has 2 unspecified atom stereocenters. The van der Waals surface area contributed by atoms with Crippen LogP contribution in [0.3, 0.4) is 0 Å². The molecule has 3 N–H and O–H groups in total. The Kier molecular flexibility index (Phi) is 4.88. The lowest BCUT2D eigenvalue weighted by Gasteiger charge is -2.36. The standard InChI is InChI=1S/C14H20FN3OS/c1-9-10(2)20-6-5-18(9)8-14(19)17-13-7-11(15)3-4-12(13)16/h3-4,7,9-10H,5-6,8,16H2,1-2H3,(H,17,19). The molecule has 20 heavy (non-hydrogen) atoms. The minimum absolute atomic E-state index is 0.159. The first-order chi connectivity index (χ1) is 9.47. The van der Waals surface area contributed by atoms with Crippen molar-refractivity contribution in [3.05, 3.63) is 24.0 Å². The SMILES string of the molecule is CC1SCCN(CC(=O)Nc2cc(F)ccc2N)C1C. The minimum Gasteiger partial charge on any atom is -0.397 e. The molecule has 1 saturated heterocycles. The summed E-state index contributed by atoms with van der Waals surface area (Å²) in [4.78, 5) is 14.2. The average Bonchev–Trinajstić information content (AvgIpc) is 2.39. The predicted molar refractivity (Wildman–Crippen MR) is 82.4 cm³/mol. The van der Waals surface area contributed by atoms with Gasteiger partial charge in [-0.15, -0.1) is 0 Å². The van der Waals surface area contributed by atoms with E-state index in [2.05, 4.69) is 24.1 Å². The van der Waals surface area contributed by atoms with Crippen molar-refractivity contribution in [3.8, 4) is 0 Å². The van der Waals surface area contributed by atoms with Crippen LogP contribution in [0.5, 0.6) is 0 Å². The van der Waals surface area contributed by atoms with E-state index in [1.165, 1.54) is 18.2 Å². The van der Waals surface area contributed by atoms with Gasteiger partial charge in [0.25, 0.3) is 0 Å². The number of nitrogens with zero attached hydrogens (tertiary/aromatic N) is 1. The maximum atomic E-state index is 13.1. The first kappa shape index (κ1) is 15.1. The van der Waals surface area contributed by atoms with Gasteiger partial charge in [0.15, 0.2) is 0 Å². The molecule has 1 aliphatic rings. The van der Waals surface area contributed by atoms with Crippen LogP contribution in [-0.4, -0.2) is 40.9 Å². The van der Waals surface area contributed by atoms with Crippen molar-refractivity contribution in [2.24, 2.45) is 0 Å². The van der Waals surface area contributed by atoms with E-state index in [1.807, 2.05) is 11.8 Å². The molecule has 1 aromatic carbocycles. The van der Waals surface area contributed by atoms with Gasteiger partial charge in [0.05, 0.1) is 17.9 Å². The van der Waals surface area contributed by atoms with E-state index in [0.717, 1.165) is 12.3 Å². The number of rotatable bonds is 3. The Bertz CT molecular complexity index is 497. The topological polar surface area (TPSA) is 58.4 Å². The number of anilines is 2. The molecule has 1 amide bonds. The number of carbonyl (C=O) groups excluding carboxylic acids is 1. The Morgan fingerprint density at radius 1 is 1.55 bits per heavy atom. The normalized spacial score (nSPS) is 23.6. The van der Waals surface area contributed by atoms with Crippen molar-refractivity contribution in [1.82, 2.24) is 4.90 Å². The van der Waals surface area contributed by atoms with Gasteiger partial charge in [0.2, 0.25) is 5.91 Å². The van der Waals surface area contributed by atoms with E-state index < -0.39 is 5.82 Å². The van der Waals surface area contributed by atoms with Crippen molar-refractivity contribution in [2.45, 2.75) is 25.1 Å². The first-order valence-corrected chi connectivity index (χ1v) is 7.73. The zero-order valence-electron chi connectivity index (χ0n) is 11.7. The fourth-order valence-electron chi connectivity index (χ4n) is 2.23.